The smallest absolute Gasteiger partial charge is 0.254 e. The van der Waals surface area contributed by atoms with Crippen molar-refractivity contribution in [3.05, 3.63) is 23.8 Å². The minimum Gasteiger partial charge on any atom is -0.486 e. The van der Waals surface area contributed by atoms with Crippen LogP contribution in [0.15, 0.2) is 18.2 Å². The van der Waals surface area contributed by atoms with Crippen molar-refractivity contribution in [1.82, 2.24) is 4.90 Å². The van der Waals surface area contributed by atoms with Crippen molar-refractivity contribution in [3.8, 4) is 17.6 Å². The lowest BCUT2D eigenvalue weighted by Gasteiger charge is -2.26. The predicted octanol–water partition coefficient (Wildman–Crippen LogP) is 2.22. The molecule has 106 valence electrons. The van der Waals surface area contributed by atoms with Crippen LogP contribution in [0.25, 0.3) is 0 Å². The van der Waals surface area contributed by atoms with Crippen molar-refractivity contribution in [2.24, 2.45) is 0 Å². The second kappa shape index (κ2) is 6.29. The molecule has 0 radical (unpaired) electrons. The van der Waals surface area contributed by atoms with E-state index in [0.717, 1.165) is 0 Å². The van der Waals surface area contributed by atoms with E-state index in [1.54, 1.807) is 23.1 Å². The first-order valence-electron chi connectivity index (χ1n) is 6.71. The van der Waals surface area contributed by atoms with Crippen molar-refractivity contribution in [3.63, 3.8) is 0 Å². The van der Waals surface area contributed by atoms with E-state index in [-0.39, 0.29) is 11.9 Å². The van der Waals surface area contributed by atoms with Crippen LogP contribution in [-0.2, 0) is 0 Å². The van der Waals surface area contributed by atoms with Crippen LogP contribution < -0.4 is 9.47 Å². The van der Waals surface area contributed by atoms with Crippen molar-refractivity contribution >= 4 is 5.91 Å². The van der Waals surface area contributed by atoms with Crippen LogP contribution in [0.1, 0.15) is 30.6 Å². The number of carbonyl (C=O) groups excluding carboxylic acids is 1. The van der Waals surface area contributed by atoms with Gasteiger partial charge in [-0.15, -0.1) is 0 Å². The molecule has 0 bridgehead atoms. The van der Waals surface area contributed by atoms with Crippen molar-refractivity contribution in [2.75, 3.05) is 19.8 Å². The van der Waals surface area contributed by atoms with Crippen molar-refractivity contribution in [2.45, 2.75) is 26.3 Å². The lowest BCUT2D eigenvalue weighted by Crippen LogP contribution is -2.37. The Hall–Kier alpha value is -2.22. The molecule has 0 saturated heterocycles. The summed E-state index contributed by atoms with van der Waals surface area (Å²) >= 11 is 0. The van der Waals surface area contributed by atoms with Gasteiger partial charge in [0.05, 0.1) is 12.5 Å². The molecule has 1 aliphatic rings. The molecule has 5 nitrogen and oxygen atoms in total. The average molecular weight is 274 g/mol. The molecule has 1 aromatic rings. The number of fused-ring (bicyclic) bond motifs is 1. The zero-order valence-electron chi connectivity index (χ0n) is 11.8. The maximum absolute atomic E-state index is 12.5. The van der Waals surface area contributed by atoms with Crippen molar-refractivity contribution in [1.29, 1.82) is 5.26 Å². The molecule has 0 aliphatic carbocycles. The fraction of sp³-hybridized carbons (Fsp3) is 0.467. The predicted molar refractivity (Wildman–Crippen MR) is 73.8 cm³/mol. The van der Waals surface area contributed by atoms with Gasteiger partial charge in [0.2, 0.25) is 0 Å². The summed E-state index contributed by atoms with van der Waals surface area (Å²) in [5.41, 5.74) is 0.556. The first-order valence-corrected chi connectivity index (χ1v) is 6.71. The van der Waals surface area contributed by atoms with Crippen LogP contribution >= 0.6 is 0 Å². The first-order chi connectivity index (χ1) is 9.63. The number of nitrogens with zero attached hydrogens (tertiary/aromatic N) is 2. The number of rotatable bonds is 4. The summed E-state index contributed by atoms with van der Waals surface area (Å²) in [6.45, 7) is 5.33. The van der Waals surface area contributed by atoms with Crippen LogP contribution in [0, 0.1) is 11.3 Å². The van der Waals surface area contributed by atoms with E-state index < -0.39 is 0 Å². The normalized spacial score (nSPS) is 12.9. The molecule has 2 rings (SSSR count). The Balaban J connectivity index is 2.20. The van der Waals surface area contributed by atoms with Gasteiger partial charge in [0.15, 0.2) is 11.5 Å². The molecule has 1 aromatic carbocycles. The standard InChI is InChI=1S/C15H18N2O3/c1-11(2)17(7-3-6-16)15(18)12-4-5-13-14(10-12)20-9-8-19-13/h4-5,10-11H,3,7-9H2,1-2H3. The van der Waals surface area contributed by atoms with E-state index in [1.807, 2.05) is 13.8 Å². The highest BCUT2D eigenvalue weighted by Gasteiger charge is 2.21. The topological polar surface area (TPSA) is 62.6 Å². The Morgan fingerprint density at radius 3 is 2.70 bits per heavy atom. The number of ether oxygens (including phenoxy) is 2. The summed E-state index contributed by atoms with van der Waals surface area (Å²) in [4.78, 5) is 14.2. The summed E-state index contributed by atoms with van der Waals surface area (Å²) in [5, 5.41) is 8.68. The number of benzene rings is 1. The maximum atomic E-state index is 12.5. The lowest BCUT2D eigenvalue weighted by molar-refractivity contribution is 0.0709. The second-order valence-corrected chi connectivity index (χ2v) is 4.86. The largest absolute Gasteiger partial charge is 0.486 e. The zero-order chi connectivity index (χ0) is 14.5. The van der Waals surface area contributed by atoms with E-state index in [1.165, 1.54) is 0 Å². The first kappa shape index (κ1) is 14.2. The number of amides is 1. The van der Waals surface area contributed by atoms with E-state index >= 15 is 0 Å². The minimum absolute atomic E-state index is 0.0454. The highest BCUT2D eigenvalue weighted by molar-refractivity contribution is 5.95. The van der Waals surface area contributed by atoms with Gasteiger partial charge in [-0.25, -0.2) is 0 Å². The van der Waals surface area contributed by atoms with E-state index in [0.29, 0.717) is 43.2 Å². The fourth-order valence-corrected chi connectivity index (χ4v) is 2.11. The summed E-state index contributed by atoms with van der Waals surface area (Å²) < 4.78 is 10.9. The molecule has 0 saturated carbocycles. The van der Waals surface area contributed by atoms with Gasteiger partial charge in [0, 0.05) is 18.2 Å². The van der Waals surface area contributed by atoms with Gasteiger partial charge >= 0.3 is 0 Å². The molecule has 20 heavy (non-hydrogen) atoms. The summed E-state index contributed by atoms with van der Waals surface area (Å²) in [6.07, 6.45) is 0.328. The molecule has 0 aromatic heterocycles. The number of hydrogen-bond acceptors (Lipinski definition) is 4. The Kier molecular flexibility index (Phi) is 4.46. The number of carbonyl (C=O) groups is 1. The molecule has 0 atom stereocenters. The Morgan fingerprint density at radius 2 is 2.05 bits per heavy atom. The van der Waals surface area contributed by atoms with Gasteiger partial charge in [-0.2, -0.15) is 5.26 Å². The molecule has 0 N–H and O–H groups in total. The van der Waals surface area contributed by atoms with Gasteiger partial charge in [-0.3, -0.25) is 4.79 Å². The van der Waals surface area contributed by atoms with Gasteiger partial charge in [0.25, 0.3) is 5.91 Å². The molecule has 0 fully saturated rings. The summed E-state index contributed by atoms with van der Waals surface area (Å²) in [6, 6.07) is 7.31. The van der Waals surface area contributed by atoms with Crippen LogP contribution in [0.5, 0.6) is 11.5 Å². The molecule has 1 aliphatic heterocycles. The lowest BCUT2D eigenvalue weighted by atomic mass is 10.1. The van der Waals surface area contributed by atoms with E-state index in [9.17, 15) is 4.79 Å². The van der Waals surface area contributed by atoms with E-state index in [2.05, 4.69) is 6.07 Å². The van der Waals surface area contributed by atoms with Gasteiger partial charge in [-0.1, -0.05) is 0 Å². The molecule has 0 spiro atoms. The number of hydrogen-bond donors (Lipinski definition) is 0. The zero-order valence-corrected chi connectivity index (χ0v) is 11.8. The third-order valence-electron chi connectivity index (χ3n) is 3.14. The molecule has 5 heteroatoms. The second-order valence-electron chi connectivity index (χ2n) is 4.86. The Labute approximate surface area is 118 Å². The minimum atomic E-state index is -0.0905. The Morgan fingerprint density at radius 1 is 1.35 bits per heavy atom. The fourth-order valence-electron chi connectivity index (χ4n) is 2.11. The van der Waals surface area contributed by atoms with Crippen LogP contribution in [-0.4, -0.2) is 36.6 Å². The monoisotopic (exact) mass is 274 g/mol. The molecule has 0 unspecified atom stereocenters. The highest BCUT2D eigenvalue weighted by atomic mass is 16.6. The number of nitriles is 1. The van der Waals surface area contributed by atoms with Crippen LogP contribution in [0.3, 0.4) is 0 Å². The molecule has 1 heterocycles. The third kappa shape index (κ3) is 3.02. The summed E-state index contributed by atoms with van der Waals surface area (Å²) in [5.74, 6) is 1.18. The summed E-state index contributed by atoms with van der Waals surface area (Å²) in [7, 11) is 0. The molecular weight excluding hydrogens is 256 g/mol. The SMILES string of the molecule is CC(C)N(CCC#N)C(=O)c1ccc2c(c1)OCCO2. The highest BCUT2D eigenvalue weighted by Crippen LogP contribution is 2.31. The van der Waals surface area contributed by atoms with Crippen LogP contribution in [0.2, 0.25) is 0 Å². The van der Waals surface area contributed by atoms with Gasteiger partial charge < -0.3 is 14.4 Å². The Bertz CT molecular complexity index is 534. The average Bonchev–Trinajstić information content (AvgIpc) is 2.46. The maximum Gasteiger partial charge on any atom is 0.254 e. The van der Waals surface area contributed by atoms with Crippen LogP contribution in [0.4, 0.5) is 0 Å². The van der Waals surface area contributed by atoms with Gasteiger partial charge in [-0.05, 0) is 32.0 Å². The molecule has 1 amide bonds. The quantitative estimate of drug-likeness (QED) is 0.844. The van der Waals surface area contributed by atoms with Gasteiger partial charge in [0.1, 0.15) is 13.2 Å². The van der Waals surface area contributed by atoms with E-state index in [4.69, 9.17) is 14.7 Å². The third-order valence-corrected chi connectivity index (χ3v) is 3.14. The van der Waals surface area contributed by atoms with Crippen molar-refractivity contribution < 1.29 is 14.3 Å². The molecular formula is C15H18N2O3.